The number of carbonyl (C=O) groups excluding carboxylic acids is 2. The Balaban J connectivity index is 2.04. The number of nitrogens with one attached hydrogen (secondary N) is 1. The minimum Gasteiger partial charge on any atom is -0.356 e. The largest absolute Gasteiger partial charge is 0.356 e. The van der Waals surface area contributed by atoms with Gasteiger partial charge in [-0.05, 0) is 42.5 Å². The third-order valence-corrected chi connectivity index (χ3v) is 3.42. The van der Waals surface area contributed by atoms with Crippen LogP contribution in [-0.2, 0) is 4.79 Å². The van der Waals surface area contributed by atoms with Gasteiger partial charge in [-0.2, -0.15) is 0 Å². The van der Waals surface area contributed by atoms with Crippen molar-refractivity contribution < 1.29 is 14.1 Å². The molecule has 2 aromatic rings. The Labute approximate surface area is 106 Å². The molecule has 0 saturated carbocycles. The van der Waals surface area contributed by atoms with Crippen LogP contribution in [0.1, 0.15) is 11.3 Å². The van der Waals surface area contributed by atoms with Crippen molar-refractivity contribution >= 4 is 40.0 Å². The van der Waals surface area contributed by atoms with Crippen molar-refractivity contribution in [2.75, 3.05) is 0 Å². The third kappa shape index (κ3) is 1.80. The Morgan fingerprint density at radius 2 is 2.22 bits per heavy atom. The van der Waals surface area contributed by atoms with Crippen LogP contribution < -0.4 is 5.32 Å². The highest BCUT2D eigenvalue weighted by Gasteiger charge is 2.24. The van der Waals surface area contributed by atoms with E-state index < -0.39 is 0 Å². The van der Waals surface area contributed by atoms with E-state index in [9.17, 15) is 9.59 Å². The van der Waals surface area contributed by atoms with E-state index >= 15 is 0 Å². The van der Waals surface area contributed by atoms with Crippen molar-refractivity contribution in [1.29, 1.82) is 0 Å². The van der Waals surface area contributed by atoms with Crippen LogP contribution in [0.5, 0.6) is 0 Å². The first-order valence-corrected chi connectivity index (χ1v) is 6.06. The summed E-state index contributed by atoms with van der Waals surface area (Å²) in [6.07, 6.45) is 1.68. The molecule has 1 aromatic heterocycles. The quantitative estimate of drug-likeness (QED) is 0.797. The van der Waals surface area contributed by atoms with Crippen LogP contribution in [0.3, 0.4) is 0 Å². The van der Waals surface area contributed by atoms with Crippen molar-refractivity contribution in [3.8, 4) is 0 Å². The van der Waals surface area contributed by atoms with E-state index in [0.717, 1.165) is 28.4 Å². The normalized spacial score (nSPS) is 17.7. The SMILES string of the molecule is Cc1noc2ccc(C=C3SC(=O)NC3=O)cc12. The topological polar surface area (TPSA) is 72.2 Å². The van der Waals surface area contributed by atoms with Crippen LogP contribution in [0.4, 0.5) is 4.79 Å². The number of imide groups is 1. The van der Waals surface area contributed by atoms with Crippen molar-refractivity contribution in [3.05, 3.63) is 34.4 Å². The summed E-state index contributed by atoms with van der Waals surface area (Å²) in [5.41, 5.74) is 2.33. The number of aryl methyl sites for hydroxylation is 1. The predicted octanol–water partition coefficient (Wildman–Crippen LogP) is 2.46. The Bertz CT molecular complexity index is 702. The van der Waals surface area contributed by atoms with E-state index in [1.807, 2.05) is 19.1 Å². The number of hydrogen-bond donors (Lipinski definition) is 1. The second kappa shape index (κ2) is 3.99. The lowest BCUT2D eigenvalue weighted by atomic mass is 10.1. The van der Waals surface area contributed by atoms with Gasteiger partial charge in [-0.15, -0.1) is 0 Å². The molecule has 0 bridgehead atoms. The summed E-state index contributed by atoms with van der Waals surface area (Å²) in [7, 11) is 0. The lowest BCUT2D eigenvalue weighted by Crippen LogP contribution is -2.17. The highest BCUT2D eigenvalue weighted by molar-refractivity contribution is 8.18. The molecule has 5 nitrogen and oxygen atoms in total. The zero-order valence-corrected chi connectivity index (χ0v) is 10.2. The zero-order valence-electron chi connectivity index (χ0n) is 9.39. The fourth-order valence-electron chi connectivity index (χ4n) is 1.74. The van der Waals surface area contributed by atoms with Gasteiger partial charge in [-0.1, -0.05) is 11.2 Å². The van der Waals surface area contributed by atoms with Gasteiger partial charge in [0.25, 0.3) is 11.1 Å². The maximum Gasteiger partial charge on any atom is 0.290 e. The van der Waals surface area contributed by atoms with Gasteiger partial charge in [-0.3, -0.25) is 14.9 Å². The van der Waals surface area contributed by atoms with Gasteiger partial charge in [0.2, 0.25) is 0 Å². The maximum absolute atomic E-state index is 11.4. The molecule has 1 aromatic carbocycles. The van der Waals surface area contributed by atoms with Crippen LogP contribution in [0.2, 0.25) is 0 Å². The Hall–Kier alpha value is -2.08. The average molecular weight is 260 g/mol. The summed E-state index contributed by atoms with van der Waals surface area (Å²) in [4.78, 5) is 22.9. The summed E-state index contributed by atoms with van der Waals surface area (Å²) in [5, 5.41) is 6.64. The van der Waals surface area contributed by atoms with Crippen molar-refractivity contribution in [1.82, 2.24) is 10.5 Å². The van der Waals surface area contributed by atoms with E-state index in [0.29, 0.717) is 10.5 Å². The highest BCUT2D eigenvalue weighted by atomic mass is 32.2. The molecule has 18 heavy (non-hydrogen) atoms. The summed E-state index contributed by atoms with van der Waals surface area (Å²) >= 11 is 0.903. The van der Waals surface area contributed by atoms with Crippen LogP contribution >= 0.6 is 11.8 Å². The number of carbonyl (C=O) groups is 2. The first-order valence-electron chi connectivity index (χ1n) is 5.24. The Morgan fingerprint density at radius 3 is 2.94 bits per heavy atom. The minimum atomic E-state index is -0.355. The van der Waals surface area contributed by atoms with E-state index in [2.05, 4.69) is 10.5 Å². The summed E-state index contributed by atoms with van der Waals surface area (Å²) < 4.78 is 5.10. The van der Waals surface area contributed by atoms with Gasteiger partial charge in [0.15, 0.2) is 5.58 Å². The zero-order chi connectivity index (χ0) is 12.7. The molecule has 1 aliphatic heterocycles. The van der Waals surface area contributed by atoms with Crippen molar-refractivity contribution in [2.24, 2.45) is 0 Å². The number of hydrogen-bond acceptors (Lipinski definition) is 5. The summed E-state index contributed by atoms with van der Waals surface area (Å²) in [5.74, 6) is -0.355. The number of thioether (sulfide) groups is 1. The second-order valence-electron chi connectivity index (χ2n) is 3.88. The van der Waals surface area contributed by atoms with Crippen LogP contribution in [-0.4, -0.2) is 16.3 Å². The molecule has 1 saturated heterocycles. The first-order chi connectivity index (χ1) is 8.63. The Kier molecular flexibility index (Phi) is 2.45. The van der Waals surface area contributed by atoms with Crippen molar-refractivity contribution in [2.45, 2.75) is 6.92 Å². The monoisotopic (exact) mass is 260 g/mol. The molecule has 1 aliphatic rings. The molecule has 90 valence electrons. The van der Waals surface area contributed by atoms with Crippen LogP contribution in [0, 0.1) is 6.92 Å². The molecule has 0 radical (unpaired) electrons. The average Bonchev–Trinajstić information content (AvgIpc) is 2.84. The van der Waals surface area contributed by atoms with E-state index in [1.54, 1.807) is 12.1 Å². The first kappa shape index (κ1) is 11.0. The molecule has 0 atom stereocenters. The van der Waals surface area contributed by atoms with E-state index in [1.165, 1.54) is 0 Å². The molecular weight excluding hydrogens is 252 g/mol. The highest BCUT2D eigenvalue weighted by Crippen LogP contribution is 2.27. The van der Waals surface area contributed by atoms with Gasteiger partial charge >= 0.3 is 0 Å². The van der Waals surface area contributed by atoms with Gasteiger partial charge in [0.1, 0.15) is 0 Å². The number of fused-ring (bicyclic) bond motifs is 1. The number of aromatic nitrogens is 1. The molecule has 2 amide bonds. The maximum atomic E-state index is 11.4. The predicted molar refractivity (Wildman–Crippen MR) is 67.9 cm³/mol. The van der Waals surface area contributed by atoms with E-state index in [4.69, 9.17) is 4.52 Å². The number of amides is 2. The molecule has 6 heteroatoms. The van der Waals surface area contributed by atoms with Gasteiger partial charge in [-0.25, -0.2) is 0 Å². The molecule has 1 fully saturated rings. The number of rotatable bonds is 1. The second-order valence-corrected chi connectivity index (χ2v) is 4.89. The molecule has 3 rings (SSSR count). The van der Waals surface area contributed by atoms with Crippen LogP contribution in [0.25, 0.3) is 17.0 Å². The summed E-state index contributed by atoms with van der Waals surface area (Å²) in [6.45, 7) is 1.85. The minimum absolute atomic E-state index is 0.339. The van der Waals surface area contributed by atoms with Gasteiger partial charge < -0.3 is 4.52 Å². The Morgan fingerprint density at radius 1 is 1.39 bits per heavy atom. The van der Waals surface area contributed by atoms with Crippen molar-refractivity contribution in [3.63, 3.8) is 0 Å². The molecule has 0 unspecified atom stereocenters. The molecular formula is C12H8N2O3S. The molecule has 0 spiro atoms. The van der Waals surface area contributed by atoms with Gasteiger partial charge in [0, 0.05) is 5.39 Å². The number of benzene rings is 1. The molecule has 2 heterocycles. The summed E-state index contributed by atoms with van der Waals surface area (Å²) in [6, 6.07) is 5.49. The molecule has 0 aliphatic carbocycles. The number of nitrogens with zero attached hydrogens (tertiary/aromatic N) is 1. The standard InChI is InChI=1S/C12H8N2O3S/c1-6-8-4-7(2-3-9(8)17-14-6)5-10-11(15)13-12(16)18-10/h2-5H,1H3,(H,13,15,16). The smallest absolute Gasteiger partial charge is 0.290 e. The van der Waals surface area contributed by atoms with Crippen LogP contribution in [0.15, 0.2) is 27.6 Å². The fourth-order valence-corrected chi connectivity index (χ4v) is 2.42. The lowest BCUT2D eigenvalue weighted by molar-refractivity contribution is -0.115. The fraction of sp³-hybridized carbons (Fsp3) is 0.0833. The van der Waals surface area contributed by atoms with Gasteiger partial charge in [0.05, 0.1) is 10.6 Å². The third-order valence-electron chi connectivity index (χ3n) is 2.61. The lowest BCUT2D eigenvalue weighted by Gasteiger charge is -1.95. The van der Waals surface area contributed by atoms with E-state index in [-0.39, 0.29) is 11.1 Å². The molecule has 1 N–H and O–H groups in total.